The lowest BCUT2D eigenvalue weighted by Gasteiger charge is -2.21. The fourth-order valence-electron chi connectivity index (χ4n) is 2.22. The van der Waals surface area contributed by atoms with Crippen LogP contribution in [0.2, 0.25) is 0 Å². The van der Waals surface area contributed by atoms with Crippen LogP contribution in [0.3, 0.4) is 0 Å². The molecule has 0 spiro atoms. The number of thioether (sulfide) groups is 1. The summed E-state index contributed by atoms with van der Waals surface area (Å²) in [5.41, 5.74) is 8.75. The predicted molar refractivity (Wildman–Crippen MR) is 72.4 cm³/mol. The minimum absolute atomic E-state index is 0.244. The van der Waals surface area contributed by atoms with E-state index in [1.807, 2.05) is 11.8 Å². The third kappa shape index (κ3) is 2.53. The lowest BCUT2D eigenvalue weighted by atomic mass is 10.2. The third-order valence-corrected chi connectivity index (χ3v) is 3.74. The van der Waals surface area contributed by atoms with Crippen molar-refractivity contribution in [2.45, 2.75) is 31.2 Å². The van der Waals surface area contributed by atoms with Gasteiger partial charge < -0.3 is 10.6 Å². The van der Waals surface area contributed by atoms with Gasteiger partial charge in [0.2, 0.25) is 0 Å². The summed E-state index contributed by atoms with van der Waals surface area (Å²) in [6.07, 6.45) is 1.17. The highest BCUT2D eigenvalue weighted by atomic mass is 32.2. The average molecular weight is 236 g/mol. The van der Waals surface area contributed by atoms with Crippen molar-refractivity contribution in [1.82, 2.24) is 0 Å². The molecule has 2 nitrogen and oxygen atoms in total. The van der Waals surface area contributed by atoms with E-state index in [1.165, 1.54) is 22.6 Å². The Morgan fingerprint density at radius 1 is 1.50 bits per heavy atom. The summed E-state index contributed by atoms with van der Waals surface area (Å²) in [7, 11) is 0. The zero-order chi connectivity index (χ0) is 11.5. The molecule has 0 bridgehead atoms. The lowest BCUT2D eigenvalue weighted by Crippen LogP contribution is -2.34. The van der Waals surface area contributed by atoms with Crippen molar-refractivity contribution in [1.29, 1.82) is 0 Å². The van der Waals surface area contributed by atoms with Gasteiger partial charge >= 0.3 is 0 Å². The summed E-state index contributed by atoms with van der Waals surface area (Å²) >= 11 is 1.90. The van der Waals surface area contributed by atoms with Crippen molar-refractivity contribution in [3.8, 4) is 0 Å². The maximum atomic E-state index is 5.88. The van der Waals surface area contributed by atoms with E-state index in [4.69, 9.17) is 5.73 Å². The highest BCUT2D eigenvalue weighted by molar-refractivity contribution is 7.99. The van der Waals surface area contributed by atoms with Crippen molar-refractivity contribution in [2.24, 2.45) is 5.73 Å². The van der Waals surface area contributed by atoms with E-state index in [0.717, 1.165) is 18.8 Å². The van der Waals surface area contributed by atoms with Crippen molar-refractivity contribution >= 4 is 17.4 Å². The molecule has 3 heteroatoms. The van der Waals surface area contributed by atoms with Gasteiger partial charge in [-0.15, -0.1) is 11.8 Å². The Morgan fingerprint density at radius 2 is 2.31 bits per heavy atom. The Hall–Kier alpha value is -0.670. The van der Waals surface area contributed by atoms with Gasteiger partial charge in [0.05, 0.1) is 0 Å². The van der Waals surface area contributed by atoms with E-state index in [-0.39, 0.29) is 6.04 Å². The molecule has 0 saturated carbocycles. The molecule has 1 aliphatic heterocycles. The molecule has 1 heterocycles. The van der Waals surface area contributed by atoms with Gasteiger partial charge in [-0.2, -0.15) is 0 Å². The van der Waals surface area contributed by atoms with Crippen molar-refractivity contribution in [3.63, 3.8) is 0 Å². The zero-order valence-electron chi connectivity index (χ0n) is 10.1. The molecule has 1 atom stereocenters. The van der Waals surface area contributed by atoms with Gasteiger partial charge in [-0.05, 0) is 36.8 Å². The molecular weight excluding hydrogens is 216 g/mol. The summed E-state index contributed by atoms with van der Waals surface area (Å²) in [5, 5.41) is 0. The minimum atomic E-state index is 0.244. The van der Waals surface area contributed by atoms with Crippen LogP contribution in [-0.4, -0.2) is 24.9 Å². The molecule has 0 amide bonds. The summed E-state index contributed by atoms with van der Waals surface area (Å²) in [6, 6.07) is 7.07. The maximum Gasteiger partial charge on any atom is 0.0411 e. The van der Waals surface area contributed by atoms with E-state index >= 15 is 0 Å². The number of anilines is 1. The van der Waals surface area contributed by atoms with Crippen LogP contribution in [0.25, 0.3) is 0 Å². The third-order valence-electron chi connectivity index (χ3n) is 2.87. The number of hydrogen-bond acceptors (Lipinski definition) is 3. The quantitative estimate of drug-likeness (QED) is 0.815. The van der Waals surface area contributed by atoms with Crippen LogP contribution in [0, 0.1) is 0 Å². The molecule has 0 saturated heterocycles. The second-order valence-electron chi connectivity index (χ2n) is 4.40. The lowest BCUT2D eigenvalue weighted by molar-refractivity contribution is 0.693. The molecule has 16 heavy (non-hydrogen) atoms. The van der Waals surface area contributed by atoms with Gasteiger partial charge in [-0.25, -0.2) is 0 Å². The first kappa shape index (κ1) is 11.8. The maximum absolute atomic E-state index is 5.88. The Labute approximate surface area is 102 Å². The smallest absolute Gasteiger partial charge is 0.0411 e. The second kappa shape index (κ2) is 5.11. The SMILES string of the molecule is CCSc1ccc2c(c1)N(CC(C)N)CC2. The van der Waals surface area contributed by atoms with Gasteiger partial charge in [0.25, 0.3) is 0 Å². The van der Waals surface area contributed by atoms with Crippen LogP contribution >= 0.6 is 11.8 Å². The summed E-state index contributed by atoms with van der Waals surface area (Å²) in [4.78, 5) is 3.79. The number of nitrogens with two attached hydrogens (primary N) is 1. The molecule has 0 aliphatic carbocycles. The zero-order valence-corrected chi connectivity index (χ0v) is 10.9. The number of fused-ring (bicyclic) bond motifs is 1. The van der Waals surface area contributed by atoms with Crippen LogP contribution in [-0.2, 0) is 6.42 Å². The van der Waals surface area contributed by atoms with Gasteiger partial charge in [0.15, 0.2) is 0 Å². The molecule has 1 aliphatic rings. The standard InChI is InChI=1S/C13H20N2S/c1-3-16-12-5-4-11-6-7-15(9-10(2)14)13(11)8-12/h4-5,8,10H,3,6-7,9,14H2,1-2H3. The molecular formula is C13H20N2S. The Morgan fingerprint density at radius 3 is 3.00 bits per heavy atom. The van der Waals surface area contributed by atoms with Crippen LogP contribution < -0.4 is 10.6 Å². The van der Waals surface area contributed by atoms with Gasteiger partial charge in [0, 0.05) is 29.7 Å². The minimum Gasteiger partial charge on any atom is -0.369 e. The molecule has 0 fully saturated rings. The molecule has 2 N–H and O–H groups in total. The van der Waals surface area contributed by atoms with Crippen molar-refractivity contribution in [2.75, 3.05) is 23.7 Å². The number of rotatable bonds is 4. The fraction of sp³-hybridized carbons (Fsp3) is 0.538. The molecule has 1 aromatic rings. The van der Waals surface area contributed by atoms with E-state index in [1.54, 1.807) is 0 Å². The van der Waals surface area contributed by atoms with E-state index in [2.05, 4.69) is 36.9 Å². The van der Waals surface area contributed by atoms with Crippen LogP contribution in [0.4, 0.5) is 5.69 Å². The average Bonchev–Trinajstić information content (AvgIpc) is 2.61. The van der Waals surface area contributed by atoms with E-state index < -0.39 is 0 Å². The van der Waals surface area contributed by atoms with Crippen LogP contribution in [0.5, 0.6) is 0 Å². The number of benzene rings is 1. The summed E-state index contributed by atoms with van der Waals surface area (Å²) in [6.45, 7) is 6.35. The van der Waals surface area contributed by atoms with Gasteiger partial charge in [0.1, 0.15) is 0 Å². The van der Waals surface area contributed by atoms with E-state index in [0.29, 0.717) is 0 Å². The van der Waals surface area contributed by atoms with Crippen molar-refractivity contribution in [3.05, 3.63) is 23.8 Å². The predicted octanol–water partition coefficient (Wildman–Crippen LogP) is 2.51. The van der Waals surface area contributed by atoms with E-state index in [9.17, 15) is 0 Å². The largest absolute Gasteiger partial charge is 0.369 e. The molecule has 0 aromatic heterocycles. The monoisotopic (exact) mass is 236 g/mol. The highest BCUT2D eigenvalue weighted by Gasteiger charge is 2.19. The second-order valence-corrected chi connectivity index (χ2v) is 5.73. The first-order valence-corrected chi connectivity index (χ1v) is 6.95. The molecule has 1 aromatic carbocycles. The molecule has 88 valence electrons. The van der Waals surface area contributed by atoms with Gasteiger partial charge in [-0.3, -0.25) is 0 Å². The van der Waals surface area contributed by atoms with Crippen LogP contribution in [0.15, 0.2) is 23.1 Å². The fourth-order valence-corrected chi connectivity index (χ4v) is 2.91. The van der Waals surface area contributed by atoms with Gasteiger partial charge in [-0.1, -0.05) is 13.0 Å². The number of hydrogen-bond donors (Lipinski definition) is 1. The first-order valence-electron chi connectivity index (χ1n) is 5.97. The van der Waals surface area contributed by atoms with Crippen LogP contribution in [0.1, 0.15) is 19.4 Å². The summed E-state index contributed by atoms with van der Waals surface area (Å²) < 4.78 is 0. The normalized spacial score (nSPS) is 16.3. The molecule has 2 rings (SSSR count). The molecule has 0 radical (unpaired) electrons. The Bertz CT molecular complexity index is 363. The molecule has 1 unspecified atom stereocenters. The van der Waals surface area contributed by atoms with Crippen molar-refractivity contribution < 1.29 is 0 Å². The Kier molecular flexibility index (Phi) is 3.77. The summed E-state index contributed by atoms with van der Waals surface area (Å²) in [5.74, 6) is 1.13. The first-order chi connectivity index (χ1) is 7.70. The topological polar surface area (TPSA) is 29.3 Å². The number of nitrogens with zero attached hydrogens (tertiary/aromatic N) is 1. The highest BCUT2D eigenvalue weighted by Crippen LogP contribution is 2.32. The Balaban J connectivity index is 2.19.